The van der Waals surface area contributed by atoms with Crippen LogP contribution >= 0.6 is 0 Å². The van der Waals surface area contributed by atoms with Gasteiger partial charge in [-0.3, -0.25) is 4.79 Å². The van der Waals surface area contributed by atoms with E-state index in [0.29, 0.717) is 18.8 Å². The van der Waals surface area contributed by atoms with E-state index < -0.39 is 10.0 Å². The van der Waals surface area contributed by atoms with Crippen LogP contribution in [0.25, 0.3) is 0 Å². The molecular formula is C20H25N3O3S. The van der Waals surface area contributed by atoms with E-state index in [9.17, 15) is 13.2 Å². The lowest BCUT2D eigenvalue weighted by Crippen LogP contribution is -2.27. The fourth-order valence-corrected chi connectivity index (χ4v) is 4.60. The quantitative estimate of drug-likeness (QED) is 0.765. The number of nitrogens with zero attached hydrogens (tertiary/aromatic N) is 1. The highest BCUT2D eigenvalue weighted by molar-refractivity contribution is 7.89. The second kappa shape index (κ2) is 8.54. The van der Waals surface area contributed by atoms with Crippen LogP contribution in [0.1, 0.15) is 25.3 Å². The monoisotopic (exact) mass is 387 g/mol. The normalized spacial score (nSPS) is 14.9. The predicted octanol–water partition coefficient (Wildman–Crippen LogP) is 3.08. The minimum absolute atomic E-state index is 0.106. The molecule has 2 aromatic rings. The van der Waals surface area contributed by atoms with Crippen molar-refractivity contribution >= 4 is 27.3 Å². The van der Waals surface area contributed by atoms with E-state index in [1.54, 1.807) is 24.3 Å². The van der Waals surface area contributed by atoms with Gasteiger partial charge in [0.15, 0.2) is 0 Å². The minimum Gasteiger partial charge on any atom is -0.376 e. The van der Waals surface area contributed by atoms with Crippen LogP contribution in [0.4, 0.5) is 11.4 Å². The molecule has 0 saturated carbocycles. The van der Waals surface area contributed by atoms with Crippen molar-refractivity contribution in [1.82, 2.24) is 4.31 Å². The molecule has 3 rings (SSSR count). The third-order valence-corrected chi connectivity index (χ3v) is 6.54. The van der Waals surface area contributed by atoms with Gasteiger partial charge in [-0.2, -0.15) is 4.31 Å². The molecule has 0 aromatic heterocycles. The van der Waals surface area contributed by atoms with Gasteiger partial charge in [-0.25, -0.2) is 8.42 Å². The molecule has 2 N–H and O–H groups in total. The van der Waals surface area contributed by atoms with Crippen molar-refractivity contribution in [2.75, 3.05) is 30.3 Å². The maximum atomic E-state index is 12.5. The molecule has 0 unspecified atom stereocenters. The van der Waals surface area contributed by atoms with Gasteiger partial charge in [0.25, 0.3) is 0 Å². The molecule has 0 spiro atoms. The number of nitrogens with one attached hydrogen (secondary N) is 2. The third-order valence-electron chi connectivity index (χ3n) is 4.63. The number of carbonyl (C=O) groups excluding carboxylic acids is 1. The number of anilines is 2. The van der Waals surface area contributed by atoms with Gasteiger partial charge in [-0.15, -0.1) is 0 Å². The second-order valence-electron chi connectivity index (χ2n) is 6.59. The summed E-state index contributed by atoms with van der Waals surface area (Å²) in [5, 5.41) is 5.88. The van der Waals surface area contributed by atoms with Gasteiger partial charge in [-0.05, 0) is 61.2 Å². The molecule has 6 nitrogen and oxygen atoms in total. The molecule has 0 aliphatic carbocycles. The summed E-state index contributed by atoms with van der Waals surface area (Å²) in [5.41, 5.74) is 2.64. The van der Waals surface area contributed by atoms with Crippen molar-refractivity contribution in [3.05, 3.63) is 54.1 Å². The van der Waals surface area contributed by atoms with E-state index in [-0.39, 0.29) is 17.3 Å². The first kappa shape index (κ1) is 19.4. The topological polar surface area (TPSA) is 78.5 Å². The van der Waals surface area contributed by atoms with Crippen LogP contribution in [0.3, 0.4) is 0 Å². The summed E-state index contributed by atoms with van der Waals surface area (Å²) in [6.07, 6.45) is 2.74. The lowest BCUT2D eigenvalue weighted by molar-refractivity contribution is -0.114. The summed E-state index contributed by atoms with van der Waals surface area (Å²) in [6, 6.07) is 14.3. The Morgan fingerprint density at radius 1 is 1.04 bits per heavy atom. The van der Waals surface area contributed by atoms with E-state index in [1.807, 2.05) is 24.3 Å². The fourth-order valence-electron chi connectivity index (χ4n) is 3.08. The maximum Gasteiger partial charge on any atom is 0.243 e. The SMILES string of the molecule is CCc1cccc(NC(=O)CNc2ccc(S(=O)(=O)N3CCCC3)cc2)c1. The van der Waals surface area contributed by atoms with Gasteiger partial charge in [-0.1, -0.05) is 19.1 Å². The van der Waals surface area contributed by atoms with Crippen LogP contribution in [-0.2, 0) is 21.2 Å². The first-order valence-corrected chi connectivity index (χ1v) is 10.7. The van der Waals surface area contributed by atoms with Gasteiger partial charge in [0, 0.05) is 24.5 Å². The number of rotatable bonds is 7. The average Bonchev–Trinajstić information content (AvgIpc) is 3.22. The molecule has 1 amide bonds. The zero-order valence-corrected chi connectivity index (χ0v) is 16.3. The zero-order valence-electron chi connectivity index (χ0n) is 15.4. The van der Waals surface area contributed by atoms with E-state index in [4.69, 9.17) is 0 Å². The molecule has 0 bridgehead atoms. The Labute approximate surface area is 160 Å². The smallest absolute Gasteiger partial charge is 0.243 e. The summed E-state index contributed by atoms with van der Waals surface area (Å²) in [6.45, 7) is 3.34. The highest BCUT2D eigenvalue weighted by atomic mass is 32.2. The molecule has 144 valence electrons. The Kier molecular flexibility index (Phi) is 6.13. The van der Waals surface area contributed by atoms with E-state index >= 15 is 0 Å². The highest BCUT2D eigenvalue weighted by Crippen LogP contribution is 2.22. The number of hydrogen-bond donors (Lipinski definition) is 2. The molecule has 2 aromatic carbocycles. The number of aryl methyl sites for hydroxylation is 1. The van der Waals surface area contributed by atoms with E-state index in [1.165, 1.54) is 4.31 Å². The Balaban J connectivity index is 1.56. The summed E-state index contributed by atoms with van der Waals surface area (Å²) < 4.78 is 26.5. The van der Waals surface area contributed by atoms with Crippen molar-refractivity contribution < 1.29 is 13.2 Å². The molecule has 1 saturated heterocycles. The molecule has 0 atom stereocenters. The van der Waals surface area contributed by atoms with Crippen LogP contribution in [0.5, 0.6) is 0 Å². The van der Waals surface area contributed by atoms with Crippen LogP contribution < -0.4 is 10.6 Å². The standard InChI is InChI=1S/C20H25N3O3S/c1-2-16-6-5-7-18(14-16)22-20(24)15-21-17-8-10-19(11-9-17)27(25,26)23-12-3-4-13-23/h5-11,14,21H,2-4,12-13,15H2,1H3,(H,22,24). The highest BCUT2D eigenvalue weighted by Gasteiger charge is 2.26. The summed E-state index contributed by atoms with van der Waals surface area (Å²) in [5.74, 6) is -0.156. The molecule has 1 aliphatic rings. The number of hydrogen-bond acceptors (Lipinski definition) is 4. The van der Waals surface area contributed by atoms with Crippen LogP contribution in [0.15, 0.2) is 53.4 Å². The van der Waals surface area contributed by atoms with Gasteiger partial charge in [0.2, 0.25) is 15.9 Å². The van der Waals surface area contributed by atoms with Gasteiger partial charge in [0.1, 0.15) is 0 Å². The molecule has 1 aliphatic heterocycles. The summed E-state index contributed by atoms with van der Waals surface area (Å²) in [7, 11) is -3.41. The number of carbonyl (C=O) groups is 1. The first-order valence-electron chi connectivity index (χ1n) is 9.22. The van der Waals surface area contributed by atoms with Crippen LogP contribution in [-0.4, -0.2) is 38.3 Å². The Bertz CT molecular complexity index is 889. The second-order valence-corrected chi connectivity index (χ2v) is 8.53. The van der Waals surface area contributed by atoms with E-state index in [2.05, 4.69) is 17.6 Å². The Hall–Kier alpha value is -2.38. The number of sulfonamides is 1. The van der Waals surface area contributed by atoms with Crippen molar-refractivity contribution in [3.8, 4) is 0 Å². The van der Waals surface area contributed by atoms with Gasteiger partial charge >= 0.3 is 0 Å². The van der Waals surface area contributed by atoms with E-state index in [0.717, 1.165) is 30.5 Å². The molecule has 1 fully saturated rings. The Morgan fingerprint density at radius 2 is 1.74 bits per heavy atom. The van der Waals surface area contributed by atoms with Crippen LogP contribution in [0, 0.1) is 0 Å². The molecule has 27 heavy (non-hydrogen) atoms. The Morgan fingerprint density at radius 3 is 2.41 bits per heavy atom. The first-order chi connectivity index (χ1) is 13.0. The lowest BCUT2D eigenvalue weighted by atomic mass is 10.1. The van der Waals surface area contributed by atoms with Gasteiger partial charge < -0.3 is 10.6 Å². The molecular weight excluding hydrogens is 362 g/mol. The molecule has 0 radical (unpaired) electrons. The minimum atomic E-state index is -3.41. The van der Waals surface area contributed by atoms with Crippen molar-refractivity contribution in [2.45, 2.75) is 31.1 Å². The fraction of sp³-hybridized carbons (Fsp3) is 0.350. The van der Waals surface area contributed by atoms with Crippen molar-refractivity contribution in [2.24, 2.45) is 0 Å². The molecule has 7 heteroatoms. The lowest BCUT2D eigenvalue weighted by Gasteiger charge is -2.15. The van der Waals surface area contributed by atoms with Gasteiger partial charge in [0.05, 0.1) is 11.4 Å². The number of benzene rings is 2. The maximum absolute atomic E-state index is 12.5. The summed E-state index contributed by atoms with van der Waals surface area (Å²) >= 11 is 0. The van der Waals surface area contributed by atoms with Crippen molar-refractivity contribution in [3.63, 3.8) is 0 Å². The largest absolute Gasteiger partial charge is 0.376 e. The molecule has 1 heterocycles. The van der Waals surface area contributed by atoms with Crippen molar-refractivity contribution in [1.29, 1.82) is 0 Å². The van der Waals surface area contributed by atoms with Crippen LogP contribution in [0.2, 0.25) is 0 Å². The summed E-state index contributed by atoms with van der Waals surface area (Å²) in [4.78, 5) is 12.4. The third kappa shape index (κ3) is 4.87. The average molecular weight is 388 g/mol. The zero-order chi connectivity index (χ0) is 19.3. The predicted molar refractivity (Wildman–Crippen MR) is 107 cm³/mol. The number of amides is 1.